The third kappa shape index (κ3) is 5.04. The molecular weight excluding hydrogens is 417 g/mol. The van der Waals surface area contributed by atoms with Crippen molar-refractivity contribution in [1.82, 2.24) is 15.2 Å². The van der Waals surface area contributed by atoms with Gasteiger partial charge in [0.1, 0.15) is 0 Å². The zero-order chi connectivity index (χ0) is 20.3. The summed E-state index contributed by atoms with van der Waals surface area (Å²) in [4.78, 5) is 31.6. The summed E-state index contributed by atoms with van der Waals surface area (Å²) in [6, 6.07) is 4.85. The molecule has 2 aromatic rings. The van der Waals surface area contributed by atoms with E-state index in [2.05, 4.69) is 24.1 Å². The molecule has 2 amide bonds. The first-order chi connectivity index (χ1) is 13.3. The van der Waals surface area contributed by atoms with E-state index < -0.39 is 0 Å². The number of aromatic nitrogens is 1. The number of halogens is 2. The second-order valence-electron chi connectivity index (χ2n) is 7.27. The molecule has 28 heavy (non-hydrogen) atoms. The zero-order valence-electron chi connectivity index (χ0n) is 15.9. The van der Waals surface area contributed by atoms with Gasteiger partial charge in [0.2, 0.25) is 5.91 Å². The van der Waals surface area contributed by atoms with Gasteiger partial charge >= 0.3 is 0 Å². The van der Waals surface area contributed by atoms with E-state index >= 15 is 0 Å². The third-order valence-corrected chi connectivity index (χ3v) is 6.69. The van der Waals surface area contributed by atoms with Crippen LogP contribution in [0.3, 0.4) is 0 Å². The van der Waals surface area contributed by atoms with Gasteiger partial charge in [-0.05, 0) is 31.0 Å². The van der Waals surface area contributed by atoms with Gasteiger partial charge < -0.3 is 10.2 Å². The Hall–Kier alpha value is -1.63. The Morgan fingerprint density at radius 2 is 2.11 bits per heavy atom. The Balaban J connectivity index is 1.58. The number of thiazole rings is 1. The molecule has 1 fully saturated rings. The SMILES string of the molecule is CC(C)c1nc(CNC(=O)C2CCCN(C(=O)c3ccc(Cl)c(Cl)c3)C2)cs1. The molecule has 1 N–H and O–H groups in total. The van der Waals surface area contributed by atoms with Crippen LogP contribution in [0.15, 0.2) is 23.6 Å². The topological polar surface area (TPSA) is 62.3 Å². The minimum Gasteiger partial charge on any atom is -0.350 e. The van der Waals surface area contributed by atoms with Crippen LogP contribution in [0.4, 0.5) is 0 Å². The maximum absolute atomic E-state index is 12.8. The van der Waals surface area contributed by atoms with E-state index in [0.29, 0.717) is 41.2 Å². The highest BCUT2D eigenvalue weighted by atomic mass is 35.5. The predicted molar refractivity (Wildman–Crippen MR) is 113 cm³/mol. The molecule has 150 valence electrons. The Labute approximate surface area is 179 Å². The van der Waals surface area contributed by atoms with Crippen LogP contribution in [0.5, 0.6) is 0 Å². The van der Waals surface area contributed by atoms with E-state index in [1.807, 2.05) is 5.38 Å². The summed E-state index contributed by atoms with van der Waals surface area (Å²) in [5.41, 5.74) is 1.36. The van der Waals surface area contributed by atoms with Crippen molar-refractivity contribution in [2.75, 3.05) is 13.1 Å². The van der Waals surface area contributed by atoms with Crippen molar-refractivity contribution in [3.63, 3.8) is 0 Å². The van der Waals surface area contributed by atoms with Gasteiger partial charge in [-0.25, -0.2) is 4.98 Å². The monoisotopic (exact) mass is 439 g/mol. The van der Waals surface area contributed by atoms with Crippen LogP contribution < -0.4 is 5.32 Å². The number of rotatable bonds is 5. The van der Waals surface area contributed by atoms with Gasteiger partial charge in [-0.15, -0.1) is 11.3 Å². The van der Waals surface area contributed by atoms with E-state index in [9.17, 15) is 9.59 Å². The van der Waals surface area contributed by atoms with Crippen LogP contribution in [-0.2, 0) is 11.3 Å². The van der Waals surface area contributed by atoms with Crippen molar-refractivity contribution in [1.29, 1.82) is 0 Å². The summed E-state index contributed by atoms with van der Waals surface area (Å²) in [7, 11) is 0. The number of benzene rings is 1. The zero-order valence-corrected chi connectivity index (χ0v) is 18.2. The number of piperidine rings is 1. The molecule has 0 radical (unpaired) electrons. The highest BCUT2D eigenvalue weighted by molar-refractivity contribution is 7.09. The fraction of sp³-hybridized carbons (Fsp3) is 0.450. The Bertz CT molecular complexity index is 869. The maximum Gasteiger partial charge on any atom is 0.253 e. The van der Waals surface area contributed by atoms with Crippen LogP contribution in [0.2, 0.25) is 10.0 Å². The maximum atomic E-state index is 12.8. The minimum atomic E-state index is -0.219. The van der Waals surface area contributed by atoms with E-state index in [4.69, 9.17) is 23.2 Å². The van der Waals surface area contributed by atoms with Crippen molar-refractivity contribution in [2.45, 2.75) is 39.2 Å². The second kappa shape index (κ2) is 9.25. The third-order valence-electron chi connectivity index (χ3n) is 4.75. The number of nitrogens with one attached hydrogen (secondary N) is 1. The summed E-state index contributed by atoms with van der Waals surface area (Å²) in [5, 5.41) is 6.78. The Morgan fingerprint density at radius 1 is 1.32 bits per heavy atom. The van der Waals surface area contributed by atoms with Gasteiger partial charge in [0.15, 0.2) is 0 Å². The number of carbonyl (C=O) groups excluding carboxylic acids is 2. The Morgan fingerprint density at radius 3 is 2.79 bits per heavy atom. The lowest BCUT2D eigenvalue weighted by Gasteiger charge is -2.32. The van der Waals surface area contributed by atoms with Crippen molar-refractivity contribution in [3.8, 4) is 0 Å². The first-order valence-electron chi connectivity index (χ1n) is 9.31. The summed E-state index contributed by atoms with van der Waals surface area (Å²) in [6.07, 6.45) is 1.56. The molecule has 0 saturated carbocycles. The number of hydrogen-bond donors (Lipinski definition) is 1. The second-order valence-corrected chi connectivity index (χ2v) is 8.97. The predicted octanol–water partition coefficient (Wildman–Crippen LogP) is 4.74. The molecule has 1 atom stereocenters. The molecule has 2 heterocycles. The number of nitrogens with zero attached hydrogens (tertiary/aromatic N) is 2. The molecular formula is C20H23Cl2N3O2S. The molecule has 1 aromatic heterocycles. The van der Waals surface area contributed by atoms with Crippen LogP contribution in [0.1, 0.15) is 53.7 Å². The molecule has 1 aliphatic heterocycles. The number of likely N-dealkylation sites (tertiary alicyclic amines) is 1. The lowest BCUT2D eigenvalue weighted by molar-refractivity contribution is -0.126. The lowest BCUT2D eigenvalue weighted by atomic mass is 9.96. The normalized spacial score (nSPS) is 17.0. The van der Waals surface area contributed by atoms with Crippen LogP contribution in [0, 0.1) is 5.92 Å². The van der Waals surface area contributed by atoms with Gasteiger partial charge in [-0.1, -0.05) is 37.0 Å². The van der Waals surface area contributed by atoms with Crippen molar-refractivity contribution >= 4 is 46.4 Å². The van der Waals surface area contributed by atoms with E-state index in [1.54, 1.807) is 34.4 Å². The molecule has 1 aromatic carbocycles. The fourth-order valence-electron chi connectivity index (χ4n) is 3.18. The summed E-state index contributed by atoms with van der Waals surface area (Å²) in [6.45, 7) is 5.65. The molecule has 3 rings (SSSR count). The van der Waals surface area contributed by atoms with E-state index in [1.165, 1.54) is 0 Å². The summed E-state index contributed by atoms with van der Waals surface area (Å²) < 4.78 is 0. The standard InChI is InChI=1S/C20H23Cl2N3O2S/c1-12(2)19-24-15(11-28-19)9-23-18(26)14-4-3-7-25(10-14)20(27)13-5-6-16(21)17(22)8-13/h5-6,8,11-12,14H,3-4,7,9-10H2,1-2H3,(H,23,26). The average molecular weight is 440 g/mol. The molecule has 0 bridgehead atoms. The van der Waals surface area contributed by atoms with E-state index in [-0.39, 0.29) is 17.7 Å². The van der Waals surface area contributed by atoms with Gasteiger partial charge in [0.25, 0.3) is 5.91 Å². The van der Waals surface area contributed by atoms with Crippen LogP contribution in [-0.4, -0.2) is 34.8 Å². The summed E-state index contributed by atoms with van der Waals surface area (Å²) in [5.74, 6) is 0.000272. The molecule has 0 spiro atoms. The number of carbonyl (C=O) groups is 2. The van der Waals surface area contributed by atoms with Crippen LogP contribution >= 0.6 is 34.5 Å². The van der Waals surface area contributed by atoms with Gasteiger partial charge in [0, 0.05) is 30.0 Å². The first kappa shape index (κ1) is 21.1. The van der Waals surface area contributed by atoms with E-state index in [0.717, 1.165) is 23.5 Å². The Kier molecular flexibility index (Phi) is 6.96. The molecule has 5 nitrogen and oxygen atoms in total. The average Bonchev–Trinajstić information content (AvgIpc) is 3.17. The van der Waals surface area contributed by atoms with Gasteiger partial charge in [-0.2, -0.15) is 0 Å². The van der Waals surface area contributed by atoms with Gasteiger partial charge in [0.05, 0.1) is 33.2 Å². The minimum absolute atomic E-state index is 0.0364. The van der Waals surface area contributed by atoms with Crippen molar-refractivity contribution in [3.05, 3.63) is 49.9 Å². The largest absolute Gasteiger partial charge is 0.350 e. The molecule has 1 aliphatic rings. The first-order valence-corrected chi connectivity index (χ1v) is 10.9. The molecule has 0 aliphatic carbocycles. The highest BCUT2D eigenvalue weighted by Crippen LogP contribution is 2.25. The molecule has 8 heteroatoms. The summed E-state index contributed by atoms with van der Waals surface area (Å²) >= 11 is 13.6. The van der Waals surface area contributed by atoms with Crippen molar-refractivity contribution in [2.24, 2.45) is 5.92 Å². The smallest absolute Gasteiger partial charge is 0.253 e. The quantitative estimate of drug-likeness (QED) is 0.731. The molecule has 1 unspecified atom stereocenters. The van der Waals surface area contributed by atoms with Crippen LogP contribution in [0.25, 0.3) is 0 Å². The van der Waals surface area contributed by atoms with Crippen molar-refractivity contribution < 1.29 is 9.59 Å². The lowest BCUT2D eigenvalue weighted by Crippen LogP contribution is -2.45. The molecule has 1 saturated heterocycles. The number of amides is 2. The highest BCUT2D eigenvalue weighted by Gasteiger charge is 2.29. The fourth-order valence-corrected chi connectivity index (χ4v) is 4.31. The number of hydrogen-bond acceptors (Lipinski definition) is 4. The van der Waals surface area contributed by atoms with Gasteiger partial charge in [-0.3, -0.25) is 9.59 Å².